The number of ether oxygens (including phenoxy) is 1. The molecule has 0 radical (unpaired) electrons. The molecule has 154 valence electrons. The molecule has 2 amide bonds. The Balaban J connectivity index is 1.68. The van der Waals surface area contributed by atoms with Crippen LogP contribution in [0.2, 0.25) is 0 Å². The lowest BCUT2D eigenvalue weighted by Crippen LogP contribution is -2.46. The molecule has 1 unspecified atom stereocenters. The summed E-state index contributed by atoms with van der Waals surface area (Å²) in [5.74, 6) is -0.263. The summed E-state index contributed by atoms with van der Waals surface area (Å²) in [7, 11) is 0. The van der Waals surface area contributed by atoms with Gasteiger partial charge in [-0.05, 0) is 45.7 Å². The van der Waals surface area contributed by atoms with Gasteiger partial charge in [-0.3, -0.25) is 9.69 Å². The van der Waals surface area contributed by atoms with Gasteiger partial charge in [0.25, 0.3) is 0 Å². The van der Waals surface area contributed by atoms with E-state index in [0.29, 0.717) is 25.9 Å². The maximum Gasteiger partial charge on any atom is 0.416 e. The van der Waals surface area contributed by atoms with E-state index in [4.69, 9.17) is 4.74 Å². The topological polar surface area (TPSA) is 62.7 Å². The van der Waals surface area contributed by atoms with Crippen LogP contribution in [0, 0.1) is 5.41 Å². The highest BCUT2D eigenvalue weighted by molar-refractivity contribution is 5.94. The fourth-order valence-corrected chi connectivity index (χ4v) is 3.73. The van der Waals surface area contributed by atoms with E-state index in [1.165, 1.54) is 4.90 Å². The summed E-state index contributed by atoms with van der Waals surface area (Å²) in [5, 5.41) is 0. The molecule has 2 fully saturated rings. The average molecular weight is 399 g/mol. The summed E-state index contributed by atoms with van der Waals surface area (Å²) in [4.78, 5) is 31.8. The maximum absolute atomic E-state index is 12.9. The quantitative estimate of drug-likeness (QED) is 0.720. The van der Waals surface area contributed by atoms with Crippen LogP contribution in [0.1, 0.15) is 45.6 Å². The van der Waals surface area contributed by atoms with Gasteiger partial charge in [0.2, 0.25) is 5.91 Å². The number of hydrogen-bond acceptors (Lipinski definition) is 4. The molecule has 0 aromatic carbocycles. The van der Waals surface area contributed by atoms with E-state index in [9.17, 15) is 22.8 Å². The smallest absolute Gasteiger partial charge is 0.416 e. The van der Waals surface area contributed by atoms with Crippen LogP contribution in [0.4, 0.5) is 23.8 Å². The van der Waals surface area contributed by atoms with Crippen molar-refractivity contribution in [3.63, 3.8) is 0 Å². The zero-order chi connectivity index (χ0) is 20.7. The van der Waals surface area contributed by atoms with Crippen molar-refractivity contribution in [3.05, 3.63) is 23.9 Å². The van der Waals surface area contributed by atoms with Gasteiger partial charge in [-0.1, -0.05) is 0 Å². The van der Waals surface area contributed by atoms with Gasteiger partial charge in [0.05, 0.1) is 5.56 Å². The summed E-state index contributed by atoms with van der Waals surface area (Å²) in [6.07, 6.45) is -2.40. The Morgan fingerprint density at radius 1 is 1.21 bits per heavy atom. The molecule has 1 aromatic rings. The molecule has 1 spiro atoms. The molecule has 9 heteroatoms. The fraction of sp³-hybridized carbons (Fsp3) is 0.632. The molecule has 2 aliphatic heterocycles. The first-order valence-corrected chi connectivity index (χ1v) is 9.20. The maximum atomic E-state index is 12.9. The van der Waals surface area contributed by atoms with Crippen LogP contribution < -0.4 is 4.90 Å². The lowest BCUT2D eigenvalue weighted by atomic mass is 9.77. The summed E-state index contributed by atoms with van der Waals surface area (Å²) >= 11 is 0. The van der Waals surface area contributed by atoms with E-state index in [0.717, 1.165) is 18.3 Å². The van der Waals surface area contributed by atoms with E-state index in [1.54, 1.807) is 25.7 Å². The lowest BCUT2D eigenvalue weighted by Gasteiger charge is -2.38. The number of carbonyl (C=O) groups excluding carboxylic acids is 2. The molecule has 6 nitrogen and oxygen atoms in total. The number of rotatable bonds is 1. The minimum atomic E-state index is -4.49. The molecule has 0 aliphatic carbocycles. The van der Waals surface area contributed by atoms with Gasteiger partial charge in [0.15, 0.2) is 0 Å². The van der Waals surface area contributed by atoms with Crippen LogP contribution in [0.25, 0.3) is 0 Å². The van der Waals surface area contributed by atoms with Crippen molar-refractivity contribution in [1.82, 2.24) is 9.88 Å². The van der Waals surface area contributed by atoms with Crippen LogP contribution in [0.3, 0.4) is 0 Å². The third kappa shape index (κ3) is 4.39. The van der Waals surface area contributed by atoms with Crippen molar-refractivity contribution in [2.75, 3.05) is 24.5 Å². The summed E-state index contributed by atoms with van der Waals surface area (Å²) in [6.45, 7) is 6.57. The third-order valence-electron chi connectivity index (χ3n) is 5.13. The Bertz CT molecular complexity index is 776. The van der Waals surface area contributed by atoms with Crippen molar-refractivity contribution in [2.45, 2.75) is 51.8 Å². The van der Waals surface area contributed by atoms with E-state index in [-0.39, 0.29) is 30.1 Å². The number of amides is 2. The summed E-state index contributed by atoms with van der Waals surface area (Å²) in [5.41, 5.74) is -1.78. The second-order valence-electron chi connectivity index (χ2n) is 8.52. The predicted molar refractivity (Wildman–Crippen MR) is 95.7 cm³/mol. The first-order valence-electron chi connectivity index (χ1n) is 9.20. The number of pyridine rings is 1. The monoisotopic (exact) mass is 399 g/mol. The first kappa shape index (κ1) is 20.4. The molecular weight excluding hydrogens is 375 g/mol. The van der Waals surface area contributed by atoms with Crippen molar-refractivity contribution >= 4 is 17.8 Å². The Labute approximate surface area is 161 Å². The Kier molecular flexibility index (Phi) is 5.05. The number of anilines is 1. The van der Waals surface area contributed by atoms with E-state index >= 15 is 0 Å². The van der Waals surface area contributed by atoms with Crippen LogP contribution in [0.5, 0.6) is 0 Å². The largest absolute Gasteiger partial charge is 0.444 e. The molecule has 2 saturated heterocycles. The number of piperidine rings is 1. The number of alkyl halides is 3. The summed E-state index contributed by atoms with van der Waals surface area (Å²) < 4.78 is 44.2. The molecule has 0 saturated carbocycles. The molecule has 2 aliphatic rings. The van der Waals surface area contributed by atoms with Crippen molar-refractivity contribution in [3.8, 4) is 0 Å². The Morgan fingerprint density at radius 2 is 1.89 bits per heavy atom. The van der Waals surface area contributed by atoms with Gasteiger partial charge in [0.1, 0.15) is 11.4 Å². The fourth-order valence-electron chi connectivity index (χ4n) is 3.73. The minimum Gasteiger partial charge on any atom is -0.444 e. The first-order chi connectivity index (χ1) is 12.9. The zero-order valence-corrected chi connectivity index (χ0v) is 16.2. The van der Waals surface area contributed by atoms with Crippen LogP contribution in [-0.4, -0.2) is 47.1 Å². The van der Waals surface area contributed by atoms with Crippen molar-refractivity contribution in [1.29, 1.82) is 0 Å². The van der Waals surface area contributed by atoms with Crippen LogP contribution in [0.15, 0.2) is 18.3 Å². The number of likely N-dealkylation sites (tertiary alicyclic amines) is 1. The van der Waals surface area contributed by atoms with Gasteiger partial charge in [0, 0.05) is 37.7 Å². The lowest BCUT2D eigenvalue weighted by molar-refractivity contribution is -0.137. The van der Waals surface area contributed by atoms with Gasteiger partial charge >= 0.3 is 12.3 Å². The number of nitrogens with zero attached hydrogens (tertiary/aromatic N) is 3. The highest BCUT2D eigenvalue weighted by atomic mass is 19.4. The van der Waals surface area contributed by atoms with Gasteiger partial charge in [-0.2, -0.15) is 13.2 Å². The SMILES string of the molecule is CC(C)(C)OC(=O)N1CCC2(CCN(c3cc(C(F)(F)F)ccn3)C(=O)C2)C1. The molecule has 3 rings (SSSR count). The van der Waals surface area contributed by atoms with E-state index < -0.39 is 23.4 Å². The molecule has 0 N–H and O–H groups in total. The number of carbonyl (C=O) groups is 2. The predicted octanol–water partition coefficient (Wildman–Crippen LogP) is 3.85. The van der Waals surface area contributed by atoms with Gasteiger partial charge in [-0.25, -0.2) is 9.78 Å². The second-order valence-corrected chi connectivity index (χ2v) is 8.52. The van der Waals surface area contributed by atoms with Crippen LogP contribution >= 0.6 is 0 Å². The zero-order valence-electron chi connectivity index (χ0n) is 16.2. The molecule has 1 atom stereocenters. The third-order valence-corrected chi connectivity index (χ3v) is 5.13. The van der Waals surface area contributed by atoms with Gasteiger partial charge < -0.3 is 9.64 Å². The molecular formula is C19H24F3N3O3. The summed E-state index contributed by atoms with van der Waals surface area (Å²) in [6, 6.07) is 1.78. The Morgan fingerprint density at radius 3 is 2.50 bits per heavy atom. The minimum absolute atomic E-state index is 0.0108. The number of aromatic nitrogens is 1. The van der Waals surface area contributed by atoms with Gasteiger partial charge in [-0.15, -0.1) is 0 Å². The Hall–Kier alpha value is -2.32. The number of hydrogen-bond donors (Lipinski definition) is 0. The highest BCUT2D eigenvalue weighted by Gasteiger charge is 2.46. The van der Waals surface area contributed by atoms with E-state index in [2.05, 4.69) is 4.98 Å². The molecule has 1 aromatic heterocycles. The normalized spacial score (nSPS) is 23.4. The second kappa shape index (κ2) is 6.93. The molecule has 28 heavy (non-hydrogen) atoms. The highest BCUT2D eigenvalue weighted by Crippen LogP contribution is 2.42. The van der Waals surface area contributed by atoms with E-state index in [1.807, 2.05) is 0 Å². The number of halogens is 3. The van der Waals surface area contributed by atoms with Crippen LogP contribution in [-0.2, 0) is 15.7 Å². The standard InChI is InChI=1S/C19H24F3N3O3/c1-17(2,3)28-16(27)24-8-5-18(12-24)6-9-25(15(26)11-18)14-10-13(4-7-23-14)19(20,21)22/h4,7,10H,5-6,8-9,11-12H2,1-3H3. The molecule has 3 heterocycles. The van der Waals surface area contributed by atoms with Crippen molar-refractivity contribution in [2.24, 2.45) is 5.41 Å². The molecule has 0 bridgehead atoms. The average Bonchev–Trinajstić information content (AvgIpc) is 2.96. The van der Waals surface area contributed by atoms with Crippen molar-refractivity contribution < 1.29 is 27.5 Å².